The van der Waals surface area contributed by atoms with Gasteiger partial charge in [-0.2, -0.15) is 0 Å². The lowest BCUT2D eigenvalue weighted by atomic mass is 9.98. The molecule has 5 rings (SSSR count). The summed E-state index contributed by atoms with van der Waals surface area (Å²) in [5.74, 6) is 0.776. The number of carbonyl (C=O) groups is 1. The van der Waals surface area contributed by atoms with Crippen LogP contribution in [0.2, 0.25) is 0 Å². The van der Waals surface area contributed by atoms with Crippen molar-refractivity contribution in [3.8, 4) is 17.5 Å². The standard InChI is InChI=1S/C24H28FN5O3/c1-3-14-4-9-19(17(25)10-14)32-22-13(2)23(28-12-27-22)33-20-11-16-7-8-18(20)30(16)24(31)29-21(26)15-5-6-15/h4,9-10,12,15-16,18,20H,3,5-8,11H2,1-2H3,(H2,26,29,31)/t16?,18?,20-/m0/s1. The van der Waals surface area contributed by atoms with Gasteiger partial charge in [0.15, 0.2) is 11.6 Å². The summed E-state index contributed by atoms with van der Waals surface area (Å²) in [5.41, 5.74) is 1.46. The highest BCUT2D eigenvalue weighted by Crippen LogP contribution is 2.41. The Morgan fingerprint density at radius 3 is 2.76 bits per heavy atom. The van der Waals surface area contributed by atoms with E-state index in [1.54, 1.807) is 13.0 Å². The maximum atomic E-state index is 14.4. The van der Waals surface area contributed by atoms with E-state index >= 15 is 0 Å². The van der Waals surface area contributed by atoms with Crippen molar-refractivity contribution in [2.24, 2.45) is 5.92 Å². The number of nitrogens with one attached hydrogen (secondary N) is 2. The van der Waals surface area contributed by atoms with Gasteiger partial charge in [0.1, 0.15) is 18.3 Å². The Balaban J connectivity index is 1.28. The highest BCUT2D eigenvalue weighted by Gasteiger charge is 2.50. The maximum absolute atomic E-state index is 14.4. The number of amidine groups is 1. The molecule has 2 unspecified atom stereocenters. The van der Waals surface area contributed by atoms with Gasteiger partial charge in [0.25, 0.3) is 0 Å². The number of rotatable bonds is 6. The molecule has 0 radical (unpaired) electrons. The van der Waals surface area contributed by atoms with Crippen molar-refractivity contribution >= 4 is 11.9 Å². The van der Waals surface area contributed by atoms with Crippen LogP contribution >= 0.6 is 0 Å². The summed E-state index contributed by atoms with van der Waals surface area (Å²) in [4.78, 5) is 23.0. The van der Waals surface area contributed by atoms with Crippen LogP contribution in [0.4, 0.5) is 9.18 Å². The van der Waals surface area contributed by atoms with Gasteiger partial charge in [-0.25, -0.2) is 19.2 Å². The number of halogens is 1. The van der Waals surface area contributed by atoms with Crippen LogP contribution in [0.5, 0.6) is 17.5 Å². The van der Waals surface area contributed by atoms with Gasteiger partial charge in [-0.05, 0) is 56.7 Å². The molecular formula is C24H28FN5O3. The summed E-state index contributed by atoms with van der Waals surface area (Å²) in [6, 6.07) is 4.70. The van der Waals surface area contributed by atoms with Crippen molar-refractivity contribution in [2.45, 2.75) is 70.6 Å². The molecule has 1 aliphatic carbocycles. The van der Waals surface area contributed by atoms with Crippen molar-refractivity contribution in [2.75, 3.05) is 0 Å². The van der Waals surface area contributed by atoms with Gasteiger partial charge < -0.3 is 14.4 Å². The lowest BCUT2D eigenvalue weighted by Gasteiger charge is -2.25. The molecule has 2 bridgehead atoms. The Morgan fingerprint density at radius 1 is 1.24 bits per heavy atom. The zero-order valence-corrected chi connectivity index (χ0v) is 18.8. The van der Waals surface area contributed by atoms with Crippen LogP contribution in [0.25, 0.3) is 0 Å². The Kier molecular flexibility index (Phi) is 5.64. The molecule has 0 spiro atoms. The lowest BCUT2D eigenvalue weighted by Crippen LogP contribution is -2.47. The Labute approximate surface area is 192 Å². The maximum Gasteiger partial charge on any atom is 0.323 e. The minimum Gasteiger partial charge on any atom is -0.472 e. The number of hydrogen-bond acceptors (Lipinski definition) is 6. The molecule has 174 valence electrons. The second-order valence-electron chi connectivity index (χ2n) is 9.05. The third-order valence-corrected chi connectivity index (χ3v) is 6.81. The third kappa shape index (κ3) is 4.24. The highest BCUT2D eigenvalue weighted by atomic mass is 19.1. The van der Waals surface area contributed by atoms with Gasteiger partial charge >= 0.3 is 6.03 Å². The normalized spacial score (nSPS) is 23.5. The van der Waals surface area contributed by atoms with Crippen LogP contribution in [-0.4, -0.2) is 44.9 Å². The van der Waals surface area contributed by atoms with Crippen molar-refractivity contribution in [1.29, 1.82) is 5.41 Å². The number of benzene rings is 1. The van der Waals surface area contributed by atoms with Crippen LogP contribution in [-0.2, 0) is 6.42 Å². The molecular weight excluding hydrogens is 425 g/mol. The third-order valence-electron chi connectivity index (χ3n) is 6.81. The van der Waals surface area contributed by atoms with Crippen LogP contribution in [0.3, 0.4) is 0 Å². The molecule has 2 aromatic rings. The van der Waals surface area contributed by atoms with Crippen molar-refractivity contribution in [1.82, 2.24) is 20.2 Å². The SMILES string of the molecule is CCc1ccc(Oc2ncnc(O[C@H]3CC4CCC3N4C(=O)NC(=N)C3CC3)c2C)c(F)c1. The van der Waals surface area contributed by atoms with Crippen molar-refractivity contribution in [3.63, 3.8) is 0 Å². The number of nitrogens with zero attached hydrogens (tertiary/aromatic N) is 3. The zero-order chi connectivity index (χ0) is 23.1. The fraction of sp³-hybridized carbons (Fsp3) is 0.500. The van der Waals surface area contributed by atoms with E-state index in [9.17, 15) is 9.18 Å². The quantitative estimate of drug-likeness (QED) is 0.500. The summed E-state index contributed by atoms with van der Waals surface area (Å²) in [7, 11) is 0. The topological polar surface area (TPSA) is 100 Å². The number of aromatic nitrogens is 2. The molecule has 3 atom stereocenters. The van der Waals surface area contributed by atoms with E-state index in [0.29, 0.717) is 23.7 Å². The second-order valence-corrected chi connectivity index (χ2v) is 9.05. The van der Waals surface area contributed by atoms with Crippen molar-refractivity contribution in [3.05, 3.63) is 41.5 Å². The number of urea groups is 1. The number of aryl methyl sites for hydroxylation is 1. The average Bonchev–Trinajstić information content (AvgIpc) is 3.50. The predicted molar refractivity (Wildman–Crippen MR) is 119 cm³/mol. The minimum absolute atomic E-state index is 0.0697. The monoisotopic (exact) mass is 453 g/mol. The van der Waals surface area contributed by atoms with Crippen LogP contribution in [0.1, 0.15) is 50.2 Å². The molecule has 2 amide bonds. The molecule has 3 aliphatic rings. The van der Waals surface area contributed by atoms with E-state index in [2.05, 4.69) is 15.3 Å². The first-order valence-corrected chi connectivity index (χ1v) is 11.6. The largest absolute Gasteiger partial charge is 0.472 e. The lowest BCUT2D eigenvalue weighted by molar-refractivity contribution is 0.140. The summed E-state index contributed by atoms with van der Waals surface area (Å²) < 4.78 is 26.4. The van der Waals surface area contributed by atoms with Gasteiger partial charge in [0.2, 0.25) is 11.8 Å². The van der Waals surface area contributed by atoms with Gasteiger partial charge in [-0.3, -0.25) is 10.7 Å². The zero-order valence-electron chi connectivity index (χ0n) is 18.8. The first kappa shape index (κ1) is 21.6. The van der Waals surface area contributed by atoms with E-state index in [-0.39, 0.29) is 41.8 Å². The molecule has 9 heteroatoms. The van der Waals surface area contributed by atoms with E-state index in [1.807, 2.05) is 17.9 Å². The molecule has 33 heavy (non-hydrogen) atoms. The van der Waals surface area contributed by atoms with Gasteiger partial charge in [-0.15, -0.1) is 0 Å². The van der Waals surface area contributed by atoms with E-state index in [0.717, 1.165) is 37.7 Å². The predicted octanol–water partition coefficient (Wildman–Crippen LogP) is 4.36. The summed E-state index contributed by atoms with van der Waals surface area (Å²) in [6.45, 7) is 3.74. The van der Waals surface area contributed by atoms with Crippen molar-refractivity contribution < 1.29 is 18.7 Å². The Hall–Kier alpha value is -3.23. The molecule has 8 nitrogen and oxygen atoms in total. The molecule has 2 saturated heterocycles. The van der Waals surface area contributed by atoms with E-state index in [4.69, 9.17) is 14.9 Å². The molecule has 1 saturated carbocycles. The number of carbonyl (C=O) groups excluding carboxylic acids is 1. The first-order valence-electron chi connectivity index (χ1n) is 11.6. The first-order chi connectivity index (χ1) is 15.9. The summed E-state index contributed by atoms with van der Waals surface area (Å²) in [5, 5.41) is 10.8. The van der Waals surface area contributed by atoms with Gasteiger partial charge in [-0.1, -0.05) is 13.0 Å². The van der Waals surface area contributed by atoms with Gasteiger partial charge in [0.05, 0.1) is 11.6 Å². The molecule has 3 heterocycles. The van der Waals surface area contributed by atoms with Crippen LogP contribution in [0.15, 0.2) is 24.5 Å². The van der Waals surface area contributed by atoms with E-state index in [1.165, 1.54) is 12.4 Å². The number of amides is 2. The molecule has 3 fully saturated rings. The number of fused-ring (bicyclic) bond motifs is 2. The highest BCUT2D eigenvalue weighted by molar-refractivity contribution is 5.98. The second kappa shape index (κ2) is 8.61. The summed E-state index contributed by atoms with van der Waals surface area (Å²) in [6.07, 6.45) is 6.31. The number of hydrogen-bond donors (Lipinski definition) is 2. The number of ether oxygens (including phenoxy) is 2. The fourth-order valence-electron chi connectivity index (χ4n) is 4.77. The van der Waals surface area contributed by atoms with E-state index < -0.39 is 5.82 Å². The molecule has 1 aromatic heterocycles. The molecule has 1 aromatic carbocycles. The molecule has 2 N–H and O–H groups in total. The average molecular weight is 454 g/mol. The summed E-state index contributed by atoms with van der Waals surface area (Å²) >= 11 is 0. The smallest absolute Gasteiger partial charge is 0.323 e. The Bertz CT molecular complexity index is 1090. The van der Waals surface area contributed by atoms with Crippen LogP contribution in [0, 0.1) is 24.1 Å². The minimum atomic E-state index is -0.443. The van der Waals surface area contributed by atoms with Gasteiger partial charge in [0, 0.05) is 18.4 Å². The fourth-order valence-corrected chi connectivity index (χ4v) is 4.77. The molecule has 2 aliphatic heterocycles. The van der Waals surface area contributed by atoms with Crippen LogP contribution < -0.4 is 14.8 Å². The Morgan fingerprint density at radius 2 is 2.03 bits per heavy atom.